The lowest BCUT2D eigenvalue weighted by molar-refractivity contribution is -0.151. The van der Waals surface area contributed by atoms with Crippen molar-refractivity contribution in [2.75, 3.05) is 19.6 Å². The Morgan fingerprint density at radius 3 is 2.36 bits per heavy atom. The molecule has 6 heteroatoms. The van der Waals surface area contributed by atoms with Crippen molar-refractivity contribution >= 4 is 24.2 Å². The third kappa shape index (κ3) is 3.93. The Morgan fingerprint density at radius 2 is 1.82 bits per heavy atom. The summed E-state index contributed by atoms with van der Waals surface area (Å²) in [5, 5.41) is 0. The van der Waals surface area contributed by atoms with Gasteiger partial charge in [0.05, 0.1) is 11.6 Å². The van der Waals surface area contributed by atoms with E-state index in [1.807, 2.05) is 16.7 Å². The van der Waals surface area contributed by atoms with E-state index in [-0.39, 0.29) is 35.8 Å². The van der Waals surface area contributed by atoms with E-state index in [1.54, 1.807) is 6.92 Å². The summed E-state index contributed by atoms with van der Waals surface area (Å²) in [5.74, 6) is 0.201. The largest absolute Gasteiger partial charge is 0.337 e. The van der Waals surface area contributed by atoms with Crippen LogP contribution >= 0.6 is 12.4 Å². The van der Waals surface area contributed by atoms with Crippen LogP contribution in [0.2, 0.25) is 0 Å². The van der Waals surface area contributed by atoms with Gasteiger partial charge in [0.2, 0.25) is 11.8 Å². The first-order chi connectivity index (χ1) is 10.00. The molecule has 5 nitrogen and oxygen atoms in total. The summed E-state index contributed by atoms with van der Waals surface area (Å²) in [4.78, 5) is 28.4. The van der Waals surface area contributed by atoms with Crippen molar-refractivity contribution in [1.29, 1.82) is 0 Å². The predicted octanol–water partition coefficient (Wildman–Crippen LogP) is 1.93. The second-order valence-corrected chi connectivity index (χ2v) is 6.61. The molecule has 2 aliphatic rings. The highest BCUT2D eigenvalue weighted by Crippen LogP contribution is 2.36. The molecule has 2 rings (SSSR count). The number of rotatable bonds is 3. The summed E-state index contributed by atoms with van der Waals surface area (Å²) < 4.78 is 0. The smallest absolute Gasteiger partial charge is 0.239 e. The van der Waals surface area contributed by atoms with Gasteiger partial charge in [0, 0.05) is 26.6 Å². The highest BCUT2D eigenvalue weighted by atomic mass is 35.5. The van der Waals surface area contributed by atoms with Crippen LogP contribution in [-0.4, -0.2) is 52.8 Å². The van der Waals surface area contributed by atoms with Gasteiger partial charge in [0.25, 0.3) is 0 Å². The molecule has 0 aromatic carbocycles. The molecule has 0 aromatic heterocycles. The minimum Gasteiger partial charge on any atom is -0.337 e. The zero-order valence-corrected chi connectivity index (χ0v) is 14.7. The van der Waals surface area contributed by atoms with E-state index < -0.39 is 0 Å². The minimum absolute atomic E-state index is 0. The Morgan fingerprint density at radius 1 is 1.18 bits per heavy atom. The van der Waals surface area contributed by atoms with Gasteiger partial charge < -0.3 is 15.5 Å². The zero-order chi connectivity index (χ0) is 15.5. The van der Waals surface area contributed by atoms with Crippen molar-refractivity contribution in [3.05, 3.63) is 0 Å². The molecule has 0 radical (unpaired) electrons. The number of piperazine rings is 1. The van der Waals surface area contributed by atoms with Crippen molar-refractivity contribution in [3.8, 4) is 0 Å². The quantitative estimate of drug-likeness (QED) is 0.859. The fourth-order valence-electron chi connectivity index (χ4n) is 3.96. The van der Waals surface area contributed by atoms with Gasteiger partial charge in [-0.15, -0.1) is 12.4 Å². The molecule has 22 heavy (non-hydrogen) atoms. The van der Waals surface area contributed by atoms with Gasteiger partial charge in [-0.3, -0.25) is 9.59 Å². The lowest BCUT2D eigenvalue weighted by atomic mass is 9.78. The number of amides is 2. The van der Waals surface area contributed by atoms with Gasteiger partial charge >= 0.3 is 0 Å². The normalized spacial score (nSPS) is 22.1. The van der Waals surface area contributed by atoms with E-state index >= 15 is 0 Å². The van der Waals surface area contributed by atoms with Crippen LogP contribution in [0.3, 0.4) is 0 Å². The first kappa shape index (κ1) is 19.2. The lowest BCUT2D eigenvalue weighted by Crippen LogP contribution is -2.66. The van der Waals surface area contributed by atoms with Crippen LogP contribution in [0, 0.1) is 0 Å². The van der Waals surface area contributed by atoms with Gasteiger partial charge in [0.15, 0.2) is 0 Å². The van der Waals surface area contributed by atoms with E-state index in [4.69, 9.17) is 5.73 Å². The van der Waals surface area contributed by atoms with E-state index in [1.165, 1.54) is 6.42 Å². The molecular weight excluding hydrogens is 302 g/mol. The van der Waals surface area contributed by atoms with Crippen LogP contribution in [0.5, 0.6) is 0 Å². The third-order valence-electron chi connectivity index (χ3n) is 5.04. The standard InChI is InChI=1S/C16H29N3O2.ClH/c1-3-7-14(17)15(21)18-10-11-19(13(2)20)16(12-18)8-5-4-6-9-16;/h14H,3-12,17H2,1-2H3;1H. The molecule has 1 unspecified atom stereocenters. The SMILES string of the molecule is CCCC(N)C(=O)N1CCN(C(C)=O)C2(CCCCC2)C1.Cl. The molecule has 128 valence electrons. The van der Waals surface area contributed by atoms with Crippen molar-refractivity contribution in [1.82, 2.24) is 9.80 Å². The molecule has 0 bridgehead atoms. The van der Waals surface area contributed by atoms with Crippen LogP contribution in [-0.2, 0) is 9.59 Å². The topological polar surface area (TPSA) is 66.6 Å². The van der Waals surface area contributed by atoms with Gasteiger partial charge in [-0.05, 0) is 19.3 Å². The molecule has 1 saturated carbocycles. The molecule has 0 aromatic rings. The molecule has 1 aliphatic heterocycles. The fourth-order valence-corrected chi connectivity index (χ4v) is 3.96. The molecule has 2 fully saturated rings. The first-order valence-corrected chi connectivity index (χ1v) is 8.33. The van der Waals surface area contributed by atoms with E-state index in [9.17, 15) is 9.59 Å². The summed E-state index contributed by atoms with van der Waals surface area (Å²) in [6.45, 7) is 5.64. The molecule has 1 aliphatic carbocycles. The van der Waals surface area contributed by atoms with Gasteiger partial charge in [-0.1, -0.05) is 32.6 Å². The number of carbonyl (C=O) groups excluding carboxylic acids is 2. The summed E-state index contributed by atoms with van der Waals surface area (Å²) in [5.41, 5.74) is 5.86. The molecule has 1 atom stereocenters. The Kier molecular flexibility index (Phi) is 7.13. The zero-order valence-electron chi connectivity index (χ0n) is 13.8. The second kappa shape index (κ2) is 8.16. The van der Waals surface area contributed by atoms with Crippen molar-refractivity contribution in [2.45, 2.75) is 70.4 Å². The maximum Gasteiger partial charge on any atom is 0.239 e. The van der Waals surface area contributed by atoms with Crippen LogP contribution < -0.4 is 5.73 Å². The number of hydrogen-bond donors (Lipinski definition) is 1. The van der Waals surface area contributed by atoms with E-state index in [0.717, 1.165) is 38.5 Å². The average molecular weight is 332 g/mol. The number of carbonyl (C=O) groups is 2. The fraction of sp³-hybridized carbons (Fsp3) is 0.875. The average Bonchev–Trinajstić information content (AvgIpc) is 2.47. The number of nitrogens with two attached hydrogens (primary N) is 1. The molecular formula is C16H30ClN3O2. The number of halogens is 1. The van der Waals surface area contributed by atoms with Crippen LogP contribution in [0.1, 0.15) is 58.8 Å². The monoisotopic (exact) mass is 331 g/mol. The highest BCUT2D eigenvalue weighted by molar-refractivity contribution is 5.85. The van der Waals surface area contributed by atoms with E-state index in [2.05, 4.69) is 0 Å². The Balaban J connectivity index is 0.00000242. The molecule has 1 heterocycles. The minimum atomic E-state index is -0.389. The van der Waals surface area contributed by atoms with Gasteiger partial charge in [0.1, 0.15) is 0 Å². The van der Waals surface area contributed by atoms with Crippen molar-refractivity contribution in [2.24, 2.45) is 5.73 Å². The van der Waals surface area contributed by atoms with Crippen molar-refractivity contribution < 1.29 is 9.59 Å². The van der Waals surface area contributed by atoms with Gasteiger partial charge in [-0.2, -0.15) is 0 Å². The Bertz CT molecular complexity index is 397. The third-order valence-corrected chi connectivity index (χ3v) is 5.04. The van der Waals surface area contributed by atoms with Crippen LogP contribution in [0.25, 0.3) is 0 Å². The Hall–Kier alpha value is -0.810. The van der Waals surface area contributed by atoms with Crippen LogP contribution in [0.15, 0.2) is 0 Å². The lowest BCUT2D eigenvalue weighted by Gasteiger charge is -2.52. The molecule has 2 N–H and O–H groups in total. The number of hydrogen-bond acceptors (Lipinski definition) is 3. The highest BCUT2D eigenvalue weighted by Gasteiger charge is 2.45. The molecule has 1 spiro atoms. The summed E-state index contributed by atoms with van der Waals surface area (Å²) in [7, 11) is 0. The number of nitrogens with zero attached hydrogens (tertiary/aromatic N) is 2. The Labute approximate surface area is 140 Å². The van der Waals surface area contributed by atoms with Crippen LogP contribution in [0.4, 0.5) is 0 Å². The molecule has 2 amide bonds. The van der Waals surface area contributed by atoms with Crippen molar-refractivity contribution in [3.63, 3.8) is 0 Å². The maximum atomic E-state index is 12.5. The second-order valence-electron chi connectivity index (χ2n) is 6.61. The summed E-state index contributed by atoms with van der Waals surface area (Å²) in [6.07, 6.45) is 7.21. The van der Waals surface area contributed by atoms with Gasteiger partial charge in [-0.25, -0.2) is 0 Å². The molecule has 1 saturated heterocycles. The maximum absolute atomic E-state index is 12.5. The summed E-state index contributed by atoms with van der Waals surface area (Å²) in [6, 6.07) is -0.389. The van der Waals surface area contributed by atoms with E-state index in [0.29, 0.717) is 19.6 Å². The predicted molar refractivity (Wildman–Crippen MR) is 89.9 cm³/mol. The summed E-state index contributed by atoms with van der Waals surface area (Å²) >= 11 is 0. The first-order valence-electron chi connectivity index (χ1n) is 8.33.